The van der Waals surface area contributed by atoms with Gasteiger partial charge in [-0.2, -0.15) is 0 Å². The summed E-state index contributed by atoms with van der Waals surface area (Å²) in [4.78, 5) is 22.6. The summed E-state index contributed by atoms with van der Waals surface area (Å²) in [6.07, 6.45) is 3.77. The Balaban J connectivity index is 2.29. The summed E-state index contributed by atoms with van der Waals surface area (Å²) < 4.78 is 0. The Hall–Kier alpha value is -2.36. The van der Waals surface area contributed by atoms with Gasteiger partial charge >= 0.3 is 0 Å². The minimum Gasteiger partial charge on any atom is -0.508 e. The number of ketones is 2. The van der Waals surface area contributed by atoms with Gasteiger partial charge in [0.15, 0.2) is 11.6 Å². The van der Waals surface area contributed by atoms with Gasteiger partial charge in [-0.15, -0.1) is 0 Å². The molecule has 86 valence electrons. The number of phenols is 2. The molecule has 17 heavy (non-hydrogen) atoms. The third kappa shape index (κ3) is 2.42. The molecule has 0 bridgehead atoms. The zero-order valence-electron chi connectivity index (χ0n) is 8.88. The topological polar surface area (TPSA) is 74.6 Å². The summed E-state index contributed by atoms with van der Waals surface area (Å²) in [5.41, 5.74) is 0.714. The Morgan fingerprint density at radius 2 is 1.82 bits per heavy atom. The largest absolute Gasteiger partial charge is 0.508 e. The van der Waals surface area contributed by atoms with Gasteiger partial charge in [-0.3, -0.25) is 9.59 Å². The average Bonchev–Trinajstić information content (AvgIpc) is 2.28. The van der Waals surface area contributed by atoms with Crippen LogP contribution in [0, 0.1) is 0 Å². The summed E-state index contributed by atoms with van der Waals surface area (Å²) >= 11 is 0. The van der Waals surface area contributed by atoms with Crippen LogP contribution >= 0.6 is 0 Å². The molecule has 1 aliphatic carbocycles. The van der Waals surface area contributed by atoms with E-state index in [-0.39, 0.29) is 29.5 Å². The van der Waals surface area contributed by atoms with Crippen LogP contribution in [-0.2, 0) is 16.0 Å². The maximum absolute atomic E-state index is 11.5. The fourth-order valence-electron chi connectivity index (χ4n) is 1.61. The zero-order valence-corrected chi connectivity index (χ0v) is 8.88. The van der Waals surface area contributed by atoms with Crippen molar-refractivity contribution >= 4 is 11.6 Å². The first-order chi connectivity index (χ1) is 8.06. The van der Waals surface area contributed by atoms with Gasteiger partial charge in [-0.05, 0) is 36.4 Å². The molecule has 0 heterocycles. The normalized spacial score (nSPS) is 14.9. The molecule has 2 N–H and O–H groups in total. The van der Waals surface area contributed by atoms with Crippen molar-refractivity contribution in [2.75, 3.05) is 0 Å². The first kappa shape index (κ1) is 11.1. The van der Waals surface area contributed by atoms with E-state index >= 15 is 0 Å². The maximum Gasteiger partial charge on any atom is 0.182 e. The Morgan fingerprint density at radius 1 is 1.06 bits per heavy atom. The van der Waals surface area contributed by atoms with Gasteiger partial charge < -0.3 is 10.2 Å². The third-order valence-electron chi connectivity index (χ3n) is 2.48. The van der Waals surface area contributed by atoms with Crippen LogP contribution in [0.5, 0.6) is 11.5 Å². The van der Waals surface area contributed by atoms with E-state index in [0.717, 1.165) is 0 Å². The van der Waals surface area contributed by atoms with Crippen LogP contribution in [0.1, 0.15) is 5.56 Å². The van der Waals surface area contributed by atoms with Crippen LogP contribution < -0.4 is 0 Å². The van der Waals surface area contributed by atoms with Gasteiger partial charge in [0, 0.05) is 17.6 Å². The number of phenolic OH excluding ortho intramolecular Hbond substituents is 2. The zero-order chi connectivity index (χ0) is 12.4. The molecule has 0 radical (unpaired) electrons. The second kappa shape index (κ2) is 4.25. The Morgan fingerprint density at radius 3 is 2.59 bits per heavy atom. The summed E-state index contributed by atoms with van der Waals surface area (Å²) in [6.45, 7) is 0. The van der Waals surface area contributed by atoms with Crippen molar-refractivity contribution < 1.29 is 19.8 Å². The molecule has 0 saturated carbocycles. The highest BCUT2D eigenvalue weighted by Gasteiger charge is 2.15. The van der Waals surface area contributed by atoms with Crippen LogP contribution in [0.15, 0.2) is 42.0 Å². The van der Waals surface area contributed by atoms with E-state index in [4.69, 9.17) is 0 Å². The second-order valence-electron chi connectivity index (χ2n) is 3.76. The first-order valence-electron chi connectivity index (χ1n) is 5.04. The Kier molecular flexibility index (Phi) is 2.78. The van der Waals surface area contributed by atoms with E-state index < -0.39 is 0 Å². The van der Waals surface area contributed by atoms with E-state index in [0.29, 0.717) is 11.1 Å². The molecule has 0 aliphatic heterocycles. The van der Waals surface area contributed by atoms with E-state index in [2.05, 4.69) is 0 Å². The Bertz CT molecular complexity index is 553. The lowest BCUT2D eigenvalue weighted by Crippen LogP contribution is -2.09. The van der Waals surface area contributed by atoms with Gasteiger partial charge in [0.1, 0.15) is 11.5 Å². The molecular weight excluding hydrogens is 220 g/mol. The number of carbonyl (C=O) groups is 2. The van der Waals surface area contributed by atoms with Crippen molar-refractivity contribution in [3.63, 3.8) is 0 Å². The van der Waals surface area contributed by atoms with E-state index in [1.165, 1.54) is 36.4 Å². The lowest BCUT2D eigenvalue weighted by molar-refractivity contribution is -0.114. The van der Waals surface area contributed by atoms with Crippen molar-refractivity contribution in [1.82, 2.24) is 0 Å². The summed E-state index contributed by atoms with van der Waals surface area (Å²) in [6, 6.07) is 4.06. The Labute approximate surface area is 97.5 Å². The van der Waals surface area contributed by atoms with Gasteiger partial charge in [0.25, 0.3) is 0 Å². The van der Waals surface area contributed by atoms with Crippen molar-refractivity contribution in [2.24, 2.45) is 0 Å². The molecule has 0 spiro atoms. The highest BCUT2D eigenvalue weighted by molar-refractivity contribution is 6.17. The molecule has 4 nitrogen and oxygen atoms in total. The number of benzene rings is 1. The quantitative estimate of drug-likeness (QED) is 0.592. The van der Waals surface area contributed by atoms with Gasteiger partial charge in [0.05, 0.1) is 0 Å². The van der Waals surface area contributed by atoms with Gasteiger partial charge in [-0.1, -0.05) is 0 Å². The number of hydrogen-bond acceptors (Lipinski definition) is 4. The fraction of sp³-hybridized carbons (Fsp3) is 0.0769. The lowest BCUT2D eigenvalue weighted by atomic mass is 9.96. The molecule has 0 saturated heterocycles. The lowest BCUT2D eigenvalue weighted by Gasteiger charge is -2.08. The molecule has 1 aromatic rings. The molecule has 0 amide bonds. The van der Waals surface area contributed by atoms with Crippen LogP contribution in [-0.4, -0.2) is 21.8 Å². The van der Waals surface area contributed by atoms with Crippen LogP contribution in [0.3, 0.4) is 0 Å². The van der Waals surface area contributed by atoms with E-state index in [1.54, 1.807) is 0 Å². The number of allylic oxidation sites excluding steroid dienone is 4. The van der Waals surface area contributed by atoms with E-state index in [9.17, 15) is 19.8 Å². The smallest absolute Gasteiger partial charge is 0.182 e. The number of hydrogen-bond donors (Lipinski definition) is 2. The second-order valence-corrected chi connectivity index (χ2v) is 3.76. The van der Waals surface area contributed by atoms with Crippen molar-refractivity contribution in [1.29, 1.82) is 0 Å². The minimum absolute atomic E-state index is 0.00327. The maximum atomic E-state index is 11.5. The molecule has 0 unspecified atom stereocenters. The molecule has 0 aromatic heterocycles. The molecule has 0 fully saturated rings. The van der Waals surface area contributed by atoms with Crippen LogP contribution in [0.4, 0.5) is 0 Å². The molecule has 1 aromatic carbocycles. The molecule has 1 aliphatic rings. The van der Waals surface area contributed by atoms with Crippen LogP contribution in [0.2, 0.25) is 0 Å². The predicted octanol–water partition coefficient (Wildman–Crippen LogP) is 1.27. The van der Waals surface area contributed by atoms with Crippen molar-refractivity contribution in [3.8, 4) is 11.5 Å². The molecule has 2 rings (SSSR count). The molecular formula is C13H10O4. The van der Waals surface area contributed by atoms with Gasteiger partial charge in [0.2, 0.25) is 0 Å². The number of rotatable bonds is 2. The summed E-state index contributed by atoms with van der Waals surface area (Å²) in [5.74, 6) is -0.520. The predicted molar refractivity (Wildman–Crippen MR) is 60.7 cm³/mol. The monoisotopic (exact) mass is 230 g/mol. The SMILES string of the molecule is O=C1C=CC(=O)C(Cc2cc(O)ccc2O)=C1. The number of aromatic hydroxyl groups is 2. The average molecular weight is 230 g/mol. The summed E-state index contributed by atoms with van der Waals surface area (Å²) in [7, 11) is 0. The fourth-order valence-corrected chi connectivity index (χ4v) is 1.61. The molecule has 0 atom stereocenters. The summed E-state index contributed by atoms with van der Waals surface area (Å²) in [5, 5.41) is 18.9. The highest BCUT2D eigenvalue weighted by Crippen LogP contribution is 2.25. The van der Waals surface area contributed by atoms with Crippen molar-refractivity contribution in [2.45, 2.75) is 6.42 Å². The highest BCUT2D eigenvalue weighted by atomic mass is 16.3. The van der Waals surface area contributed by atoms with Crippen LogP contribution in [0.25, 0.3) is 0 Å². The van der Waals surface area contributed by atoms with Gasteiger partial charge in [-0.25, -0.2) is 0 Å². The first-order valence-corrected chi connectivity index (χ1v) is 5.04. The minimum atomic E-state index is -0.257. The third-order valence-corrected chi connectivity index (χ3v) is 2.48. The number of carbonyl (C=O) groups excluding carboxylic acids is 2. The standard InChI is InChI=1S/C13H10O4/c14-10-1-3-12(16)8(6-10)5-9-7-11(15)2-4-13(9)17/h1-4,6-7,14,16H,5H2. The molecule has 4 heteroatoms. The van der Waals surface area contributed by atoms with E-state index in [1.807, 2.05) is 0 Å². The van der Waals surface area contributed by atoms with Crippen molar-refractivity contribution in [3.05, 3.63) is 47.6 Å².